The van der Waals surface area contributed by atoms with Gasteiger partial charge >= 0.3 is 12.4 Å². The van der Waals surface area contributed by atoms with Crippen molar-refractivity contribution in [3.05, 3.63) is 59.4 Å². The molecule has 0 aliphatic rings. The van der Waals surface area contributed by atoms with E-state index >= 15 is 0 Å². The van der Waals surface area contributed by atoms with E-state index in [2.05, 4.69) is 0 Å². The van der Waals surface area contributed by atoms with E-state index in [-0.39, 0.29) is 23.0 Å². The van der Waals surface area contributed by atoms with Crippen molar-refractivity contribution >= 4 is 6.29 Å². The summed E-state index contributed by atoms with van der Waals surface area (Å²) < 4.78 is 90.3. The van der Waals surface area contributed by atoms with E-state index in [1.807, 2.05) is 0 Å². The Hall–Kier alpha value is -2.42. The van der Waals surface area contributed by atoms with Gasteiger partial charge in [0.05, 0.1) is 5.56 Å². The minimum atomic E-state index is -5.98. The third kappa shape index (κ3) is 3.23. The largest absolute Gasteiger partial charge is 0.430 e. The van der Waals surface area contributed by atoms with Crippen molar-refractivity contribution in [1.29, 1.82) is 0 Å². The molecule has 0 atom stereocenters. The molecule has 1 N–H and O–H groups in total. The van der Waals surface area contributed by atoms with Gasteiger partial charge < -0.3 is 5.11 Å². The normalized spacial score (nSPS) is 13.0. The molecule has 0 bridgehead atoms. The maximum absolute atomic E-state index is 13.5. The fraction of sp³-hybridized carbons (Fsp3) is 0.188. The van der Waals surface area contributed by atoms with E-state index < -0.39 is 29.3 Å². The predicted molar refractivity (Wildman–Crippen MR) is 73.2 cm³/mol. The lowest BCUT2D eigenvalue weighted by atomic mass is 9.90. The highest BCUT2D eigenvalue weighted by Crippen LogP contribution is 2.50. The Bertz CT molecular complexity index is 763. The molecule has 0 aliphatic heterocycles. The standard InChI is InChI=1S/C16H9F7O2/c17-13-7-10(1-2-11(13)8-24)9-3-5-12(6-4-9)14(25,15(18,19)20)16(21,22)23/h1-8,25H. The molecule has 0 saturated heterocycles. The van der Waals surface area contributed by atoms with Gasteiger partial charge in [0.25, 0.3) is 5.60 Å². The van der Waals surface area contributed by atoms with Crippen LogP contribution in [0.15, 0.2) is 42.5 Å². The second-order valence-corrected chi connectivity index (χ2v) is 5.14. The summed E-state index contributed by atoms with van der Waals surface area (Å²) in [7, 11) is 0. The van der Waals surface area contributed by atoms with Gasteiger partial charge in [-0.2, -0.15) is 26.3 Å². The van der Waals surface area contributed by atoms with Crippen LogP contribution in [0.5, 0.6) is 0 Å². The number of rotatable bonds is 3. The van der Waals surface area contributed by atoms with E-state index in [0.29, 0.717) is 12.1 Å². The van der Waals surface area contributed by atoms with E-state index in [1.54, 1.807) is 0 Å². The van der Waals surface area contributed by atoms with Crippen molar-refractivity contribution in [2.24, 2.45) is 0 Å². The molecule has 0 unspecified atom stereocenters. The molecular formula is C16H9F7O2. The van der Waals surface area contributed by atoms with Crippen molar-refractivity contribution < 1.29 is 40.6 Å². The Balaban J connectivity index is 2.49. The zero-order valence-corrected chi connectivity index (χ0v) is 12.1. The molecule has 0 radical (unpaired) electrons. The number of benzene rings is 2. The molecule has 0 heterocycles. The average Bonchev–Trinajstić information content (AvgIpc) is 2.52. The van der Waals surface area contributed by atoms with Crippen LogP contribution in [0.2, 0.25) is 0 Å². The number of hydrogen-bond donors (Lipinski definition) is 1. The van der Waals surface area contributed by atoms with Gasteiger partial charge in [0, 0.05) is 5.56 Å². The lowest BCUT2D eigenvalue weighted by molar-refractivity contribution is -0.376. The van der Waals surface area contributed by atoms with Crippen molar-refractivity contribution in [1.82, 2.24) is 0 Å². The van der Waals surface area contributed by atoms with Crippen LogP contribution in [0.3, 0.4) is 0 Å². The Morgan fingerprint density at radius 1 is 0.800 bits per heavy atom. The summed E-state index contributed by atoms with van der Waals surface area (Å²) in [4.78, 5) is 10.5. The van der Waals surface area contributed by atoms with Gasteiger partial charge in [0.1, 0.15) is 5.82 Å². The first-order valence-electron chi connectivity index (χ1n) is 6.63. The van der Waals surface area contributed by atoms with Gasteiger partial charge in [0.2, 0.25) is 0 Å². The predicted octanol–water partition coefficient (Wildman–Crippen LogP) is 4.62. The van der Waals surface area contributed by atoms with Gasteiger partial charge in [-0.05, 0) is 23.3 Å². The summed E-state index contributed by atoms with van der Waals surface area (Å²) in [5, 5.41) is 9.28. The molecule has 0 spiro atoms. The Labute approximate surface area is 136 Å². The maximum Gasteiger partial charge on any atom is 0.430 e. The van der Waals surface area contributed by atoms with Crippen LogP contribution in [-0.2, 0) is 5.60 Å². The number of aldehydes is 1. The molecule has 2 rings (SSSR count). The number of aliphatic hydroxyl groups is 1. The lowest BCUT2D eigenvalue weighted by Gasteiger charge is -2.32. The third-order valence-electron chi connectivity index (χ3n) is 3.58. The first-order valence-corrected chi connectivity index (χ1v) is 6.63. The zero-order chi connectivity index (χ0) is 19.0. The smallest absolute Gasteiger partial charge is 0.369 e. The minimum absolute atomic E-state index is 0.104. The summed E-state index contributed by atoms with van der Waals surface area (Å²) in [6.07, 6.45) is -11.7. The Kier molecular flexibility index (Phi) is 4.65. The van der Waals surface area contributed by atoms with Gasteiger partial charge in [0.15, 0.2) is 6.29 Å². The highest BCUT2D eigenvalue weighted by Gasteiger charge is 2.71. The summed E-state index contributed by atoms with van der Waals surface area (Å²) in [5.41, 5.74) is -6.44. The van der Waals surface area contributed by atoms with Gasteiger partial charge in [-0.15, -0.1) is 0 Å². The number of alkyl halides is 6. The van der Waals surface area contributed by atoms with Crippen LogP contribution in [0.4, 0.5) is 30.7 Å². The molecular weight excluding hydrogens is 357 g/mol. The van der Waals surface area contributed by atoms with Crippen LogP contribution in [0.25, 0.3) is 11.1 Å². The topological polar surface area (TPSA) is 37.3 Å². The molecule has 0 saturated carbocycles. The third-order valence-corrected chi connectivity index (χ3v) is 3.58. The zero-order valence-electron chi connectivity index (χ0n) is 12.1. The highest BCUT2D eigenvalue weighted by atomic mass is 19.4. The maximum atomic E-state index is 13.5. The molecule has 2 aromatic rings. The number of carbonyl (C=O) groups is 1. The van der Waals surface area contributed by atoms with Gasteiger partial charge in [-0.3, -0.25) is 4.79 Å². The fourth-order valence-corrected chi connectivity index (χ4v) is 2.19. The molecule has 2 aromatic carbocycles. The molecule has 0 fully saturated rings. The van der Waals surface area contributed by atoms with Crippen LogP contribution >= 0.6 is 0 Å². The second-order valence-electron chi connectivity index (χ2n) is 5.14. The monoisotopic (exact) mass is 366 g/mol. The molecule has 25 heavy (non-hydrogen) atoms. The van der Waals surface area contributed by atoms with Crippen molar-refractivity contribution in [2.75, 3.05) is 0 Å². The Morgan fingerprint density at radius 3 is 1.68 bits per heavy atom. The van der Waals surface area contributed by atoms with Crippen molar-refractivity contribution in [3.63, 3.8) is 0 Å². The number of halogens is 7. The van der Waals surface area contributed by atoms with E-state index in [0.717, 1.165) is 24.3 Å². The average molecular weight is 366 g/mol. The van der Waals surface area contributed by atoms with Crippen molar-refractivity contribution in [3.8, 4) is 11.1 Å². The molecule has 134 valence electrons. The molecule has 0 aromatic heterocycles. The van der Waals surface area contributed by atoms with E-state index in [4.69, 9.17) is 0 Å². The van der Waals surface area contributed by atoms with Crippen LogP contribution in [-0.4, -0.2) is 23.7 Å². The lowest BCUT2D eigenvalue weighted by Crippen LogP contribution is -2.53. The SMILES string of the molecule is O=Cc1ccc(-c2ccc(C(O)(C(F)(F)F)C(F)(F)F)cc2)cc1F. The molecule has 0 aliphatic carbocycles. The second kappa shape index (κ2) is 6.14. The summed E-state index contributed by atoms with van der Waals surface area (Å²) in [5.74, 6) is -0.890. The first-order chi connectivity index (χ1) is 11.4. The molecule has 2 nitrogen and oxygen atoms in total. The van der Waals surface area contributed by atoms with Crippen LogP contribution < -0.4 is 0 Å². The summed E-state index contributed by atoms with van der Waals surface area (Å²) in [6, 6.07) is 6.00. The van der Waals surface area contributed by atoms with E-state index in [1.165, 1.54) is 6.07 Å². The Morgan fingerprint density at radius 2 is 1.28 bits per heavy atom. The number of carbonyl (C=O) groups excluding carboxylic acids is 1. The van der Waals surface area contributed by atoms with Crippen LogP contribution in [0.1, 0.15) is 15.9 Å². The summed E-state index contributed by atoms with van der Waals surface area (Å²) in [6.45, 7) is 0. The molecule has 9 heteroatoms. The quantitative estimate of drug-likeness (QED) is 0.636. The van der Waals surface area contributed by atoms with E-state index in [9.17, 15) is 40.6 Å². The van der Waals surface area contributed by atoms with Crippen molar-refractivity contribution in [2.45, 2.75) is 18.0 Å². The highest BCUT2D eigenvalue weighted by molar-refractivity contribution is 5.77. The van der Waals surface area contributed by atoms with Crippen LogP contribution in [0, 0.1) is 5.82 Å². The fourth-order valence-electron chi connectivity index (χ4n) is 2.19. The number of hydrogen-bond acceptors (Lipinski definition) is 2. The summed E-state index contributed by atoms with van der Waals surface area (Å²) >= 11 is 0. The minimum Gasteiger partial charge on any atom is -0.369 e. The first kappa shape index (κ1) is 18.9. The van der Waals surface area contributed by atoms with Gasteiger partial charge in [-0.1, -0.05) is 30.3 Å². The van der Waals surface area contributed by atoms with Gasteiger partial charge in [-0.25, -0.2) is 4.39 Å². The molecule has 0 amide bonds.